The smallest absolute Gasteiger partial charge is 0.356 e. The van der Waals surface area contributed by atoms with Gasteiger partial charge in [0.1, 0.15) is 23.4 Å². The number of benzene rings is 3. The van der Waals surface area contributed by atoms with Crippen LogP contribution in [0.2, 0.25) is 0 Å². The number of methoxy groups -OCH3 is 1. The first-order valence-electron chi connectivity index (χ1n) is 15.6. The van der Waals surface area contributed by atoms with Gasteiger partial charge in [-0.2, -0.15) is 0 Å². The molecule has 246 valence electrons. The maximum Gasteiger partial charge on any atom is 0.356 e. The first-order valence-corrected chi connectivity index (χ1v) is 16.6. The van der Waals surface area contributed by atoms with Gasteiger partial charge >= 0.3 is 11.9 Å². The van der Waals surface area contributed by atoms with E-state index in [9.17, 15) is 19.5 Å². The third kappa shape index (κ3) is 6.71. The molecule has 5 rings (SSSR count). The lowest BCUT2D eigenvalue weighted by atomic mass is 9.91. The minimum Gasteiger partial charge on any atom is -0.507 e. The predicted molar refractivity (Wildman–Crippen MR) is 181 cm³/mol. The minimum absolute atomic E-state index is 0.0218. The summed E-state index contributed by atoms with van der Waals surface area (Å²) in [5, 5.41) is 10.2. The fraction of sp³-hybridized carbons (Fsp3) is 0.351. The summed E-state index contributed by atoms with van der Waals surface area (Å²) in [5.74, 6) is -1.09. The average Bonchev–Trinajstić information content (AvgIpc) is 3.07. The van der Waals surface area contributed by atoms with Gasteiger partial charge in [0, 0.05) is 31.6 Å². The fourth-order valence-electron chi connectivity index (χ4n) is 5.80. The Morgan fingerprint density at radius 1 is 1.00 bits per heavy atom. The van der Waals surface area contributed by atoms with Gasteiger partial charge in [-0.3, -0.25) is 14.5 Å². The normalized spacial score (nSPS) is 19.4. The summed E-state index contributed by atoms with van der Waals surface area (Å²) in [5.41, 5.74) is 2.69. The molecular weight excluding hydrogens is 616 g/mol. The number of rotatable bonds is 11. The lowest BCUT2D eigenvalue weighted by molar-refractivity contribution is -0.183. The van der Waals surface area contributed by atoms with Crippen molar-refractivity contribution in [2.45, 2.75) is 63.7 Å². The number of phenols is 1. The lowest BCUT2D eigenvalue weighted by Gasteiger charge is -2.54. The summed E-state index contributed by atoms with van der Waals surface area (Å²) in [6.07, 6.45) is 0.842. The minimum atomic E-state index is -1.60. The predicted octanol–water partition coefficient (Wildman–Crippen LogP) is 6.47. The van der Waals surface area contributed by atoms with Crippen LogP contribution in [0.1, 0.15) is 80.4 Å². The number of hydrogen-bond donors (Lipinski definition) is 1. The second-order valence-electron chi connectivity index (χ2n) is 12.2. The second-order valence-corrected chi connectivity index (χ2v) is 13.3. The molecule has 3 aromatic rings. The van der Waals surface area contributed by atoms with Crippen molar-refractivity contribution in [1.82, 2.24) is 4.90 Å². The van der Waals surface area contributed by atoms with Crippen LogP contribution in [0.5, 0.6) is 5.75 Å². The summed E-state index contributed by atoms with van der Waals surface area (Å²) >= 11 is 1.36. The molecule has 1 saturated heterocycles. The molecule has 2 aliphatic rings. The first-order chi connectivity index (χ1) is 22.5. The molecular formula is C37H40N2O7S. The molecule has 9 nitrogen and oxygen atoms in total. The number of esters is 2. The number of thioether (sulfide) groups is 1. The molecule has 2 aliphatic heterocycles. The molecule has 1 N–H and O–H groups in total. The Labute approximate surface area is 279 Å². The maximum absolute atomic E-state index is 14.1. The third-order valence-electron chi connectivity index (χ3n) is 8.31. The van der Waals surface area contributed by atoms with E-state index in [1.165, 1.54) is 30.7 Å². The SMILES string of the molecule is CO[C@@]1(N=Cc2cc(C(C)C)c(O)c(C(C)C)c2)C(=O)N2C(C(=O)OC(c3ccccc3)c3ccccc3)=C(COC(C)=O)CS[C@@H]21. The van der Waals surface area contributed by atoms with E-state index < -0.39 is 35.0 Å². The summed E-state index contributed by atoms with van der Waals surface area (Å²) < 4.78 is 17.3. The zero-order chi connectivity index (χ0) is 33.9. The van der Waals surface area contributed by atoms with Crippen LogP contribution < -0.4 is 0 Å². The molecule has 10 heteroatoms. The van der Waals surface area contributed by atoms with Crippen LogP contribution >= 0.6 is 11.8 Å². The number of nitrogens with zero attached hydrogens (tertiary/aromatic N) is 2. The molecule has 0 radical (unpaired) electrons. The highest BCUT2D eigenvalue weighted by molar-refractivity contribution is 8.00. The van der Waals surface area contributed by atoms with Crippen molar-refractivity contribution in [2.24, 2.45) is 4.99 Å². The number of β-lactam (4-membered cyclic amide) rings is 1. The Bertz CT molecular complexity index is 1640. The number of phenolic OH excluding ortho intramolecular Hbond substituents is 1. The highest BCUT2D eigenvalue weighted by Crippen LogP contribution is 2.49. The van der Waals surface area contributed by atoms with E-state index in [0.717, 1.165) is 27.8 Å². The van der Waals surface area contributed by atoms with Crippen molar-refractivity contribution in [2.75, 3.05) is 19.5 Å². The van der Waals surface area contributed by atoms with Crippen molar-refractivity contribution in [1.29, 1.82) is 0 Å². The van der Waals surface area contributed by atoms with E-state index >= 15 is 0 Å². The quantitative estimate of drug-likeness (QED) is 0.142. The molecule has 2 heterocycles. The Kier molecular flexibility index (Phi) is 10.2. The van der Waals surface area contributed by atoms with Crippen molar-refractivity contribution in [3.8, 4) is 5.75 Å². The number of carbonyl (C=O) groups excluding carboxylic acids is 3. The Balaban J connectivity index is 1.50. The molecule has 47 heavy (non-hydrogen) atoms. The highest BCUT2D eigenvalue weighted by atomic mass is 32.2. The van der Waals surface area contributed by atoms with E-state index in [4.69, 9.17) is 19.2 Å². The molecule has 0 unspecified atom stereocenters. The van der Waals surface area contributed by atoms with Gasteiger partial charge in [0.05, 0.1) is 0 Å². The van der Waals surface area contributed by atoms with Gasteiger partial charge in [-0.15, -0.1) is 11.8 Å². The molecule has 0 bridgehead atoms. The molecule has 0 aliphatic carbocycles. The number of aliphatic imine (C=N–C) groups is 1. The van der Waals surface area contributed by atoms with Gasteiger partial charge in [-0.1, -0.05) is 88.4 Å². The van der Waals surface area contributed by atoms with E-state index in [1.54, 1.807) is 6.21 Å². The zero-order valence-electron chi connectivity index (χ0n) is 27.4. The number of ether oxygens (including phenoxy) is 3. The van der Waals surface area contributed by atoms with Crippen LogP contribution in [0.4, 0.5) is 0 Å². The molecule has 0 saturated carbocycles. The van der Waals surface area contributed by atoms with Crippen molar-refractivity contribution in [3.63, 3.8) is 0 Å². The first kappa shape index (κ1) is 33.9. The summed E-state index contributed by atoms with van der Waals surface area (Å²) in [6.45, 7) is 9.13. The van der Waals surface area contributed by atoms with Crippen LogP contribution in [0.15, 0.2) is 89.1 Å². The fourth-order valence-corrected chi connectivity index (χ4v) is 7.21. The molecule has 0 aromatic heterocycles. The number of amides is 1. The Hall–Kier alpha value is -4.41. The summed E-state index contributed by atoms with van der Waals surface area (Å²) in [6, 6.07) is 22.4. The maximum atomic E-state index is 14.1. The van der Waals surface area contributed by atoms with Crippen LogP contribution in [0.25, 0.3) is 0 Å². The highest BCUT2D eigenvalue weighted by Gasteiger charge is 2.66. The van der Waals surface area contributed by atoms with Gasteiger partial charge in [0.2, 0.25) is 0 Å². The molecule has 3 aromatic carbocycles. The van der Waals surface area contributed by atoms with Gasteiger partial charge < -0.3 is 19.3 Å². The number of fused-ring (bicyclic) bond motifs is 1. The number of carbonyl (C=O) groups is 3. The van der Waals surface area contributed by atoms with Gasteiger partial charge in [-0.25, -0.2) is 9.79 Å². The summed E-state index contributed by atoms with van der Waals surface area (Å²) in [4.78, 5) is 46.0. The van der Waals surface area contributed by atoms with Gasteiger partial charge in [-0.05, 0) is 51.8 Å². The topological polar surface area (TPSA) is 115 Å². The average molecular weight is 657 g/mol. The summed E-state index contributed by atoms with van der Waals surface area (Å²) in [7, 11) is 1.42. The molecule has 2 atom stereocenters. The van der Waals surface area contributed by atoms with Gasteiger partial charge in [0.15, 0.2) is 6.10 Å². The number of hydrogen-bond acceptors (Lipinski definition) is 9. The van der Waals surface area contributed by atoms with Crippen molar-refractivity contribution in [3.05, 3.63) is 112 Å². The Morgan fingerprint density at radius 3 is 2.04 bits per heavy atom. The standard InChI is InChI=1S/C37H40N2O7S/c1-22(2)29-17-25(18-30(23(3)4)32(29)41)19-38-37(44-6)35(43)39-31(28(20-45-24(5)40)21-47-36(37)39)34(42)46-33(26-13-9-7-10-14-26)27-15-11-8-12-16-27/h7-19,22-23,33,36,41H,20-21H2,1-6H3/t36-,37+/m1/s1. The van der Waals surface area contributed by atoms with E-state index in [2.05, 4.69) is 0 Å². The van der Waals surface area contributed by atoms with Gasteiger partial charge in [0.25, 0.3) is 11.6 Å². The second kappa shape index (κ2) is 14.1. The molecule has 1 amide bonds. The van der Waals surface area contributed by atoms with Crippen LogP contribution in [-0.4, -0.2) is 64.6 Å². The number of aromatic hydroxyl groups is 1. The van der Waals surface area contributed by atoms with E-state index in [0.29, 0.717) is 5.57 Å². The molecule has 0 spiro atoms. The van der Waals surface area contributed by atoms with Crippen molar-refractivity contribution >= 4 is 35.8 Å². The van der Waals surface area contributed by atoms with E-state index in [1.807, 2.05) is 100 Å². The van der Waals surface area contributed by atoms with E-state index in [-0.39, 0.29) is 35.6 Å². The van der Waals surface area contributed by atoms with Crippen LogP contribution in [-0.2, 0) is 28.6 Å². The largest absolute Gasteiger partial charge is 0.507 e. The zero-order valence-corrected chi connectivity index (χ0v) is 28.2. The lowest BCUT2D eigenvalue weighted by Crippen LogP contribution is -2.73. The van der Waals surface area contributed by atoms with Crippen LogP contribution in [0, 0.1) is 0 Å². The third-order valence-corrected chi connectivity index (χ3v) is 9.67. The van der Waals surface area contributed by atoms with Crippen molar-refractivity contribution < 1.29 is 33.7 Å². The van der Waals surface area contributed by atoms with Crippen LogP contribution in [0.3, 0.4) is 0 Å². The Morgan fingerprint density at radius 2 is 1.55 bits per heavy atom. The monoisotopic (exact) mass is 656 g/mol. The molecule has 1 fully saturated rings.